The van der Waals surface area contributed by atoms with Gasteiger partial charge in [-0.1, -0.05) is 18.2 Å². The van der Waals surface area contributed by atoms with Crippen LogP contribution in [0.1, 0.15) is 28.4 Å². The minimum atomic E-state index is -1.06. The van der Waals surface area contributed by atoms with E-state index in [4.69, 9.17) is 4.42 Å². The number of carbonyl (C=O) groups excluding carboxylic acids is 1. The Morgan fingerprint density at radius 2 is 2.11 bits per heavy atom. The molecule has 28 heavy (non-hydrogen) atoms. The monoisotopic (exact) mass is 375 g/mol. The highest BCUT2D eigenvalue weighted by Crippen LogP contribution is 2.38. The van der Waals surface area contributed by atoms with Crippen LogP contribution in [0.25, 0.3) is 22.4 Å². The van der Waals surface area contributed by atoms with Crippen LogP contribution in [0.5, 0.6) is 0 Å². The molecule has 0 spiro atoms. The van der Waals surface area contributed by atoms with Crippen molar-refractivity contribution in [2.75, 3.05) is 7.05 Å². The Hall–Kier alpha value is -3.61. The summed E-state index contributed by atoms with van der Waals surface area (Å²) in [6.45, 7) is 2.48. The Kier molecular flexibility index (Phi) is 4.35. The lowest BCUT2D eigenvalue weighted by Gasteiger charge is -2.18. The number of pyridine rings is 1. The van der Waals surface area contributed by atoms with Gasteiger partial charge in [-0.25, -0.2) is 0 Å². The minimum absolute atomic E-state index is 0.229. The summed E-state index contributed by atoms with van der Waals surface area (Å²) in [4.78, 5) is 38.8. The average Bonchev–Trinajstić information content (AvgIpc) is 3.10. The lowest BCUT2D eigenvalue weighted by atomic mass is 9.99. The largest absolute Gasteiger partial charge is 0.453 e. The molecule has 0 aliphatic carbocycles. The van der Waals surface area contributed by atoms with Crippen LogP contribution >= 0.6 is 0 Å². The molecule has 3 aromatic rings. The second-order valence-corrected chi connectivity index (χ2v) is 6.48. The van der Waals surface area contributed by atoms with E-state index in [0.717, 1.165) is 22.2 Å². The first-order valence-corrected chi connectivity index (χ1v) is 8.85. The Bertz CT molecular complexity index is 1240. The third kappa shape index (κ3) is 2.63. The number of rotatable bonds is 3. The zero-order valence-corrected chi connectivity index (χ0v) is 15.4. The van der Waals surface area contributed by atoms with Gasteiger partial charge in [0.15, 0.2) is 11.2 Å². The van der Waals surface area contributed by atoms with Crippen LogP contribution < -0.4 is 5.43 Å². The number of para-hydroxylation sites is 1. The van der Waals surface area contributed by atoms with Crippen molar-refractivity contribution in [2.45, 2.75) is 19.9 Å². The number of hydrogen-bond donors (Lipinski definition) is 0. The predicted molar refractivity (Wildman–Crippen MR) is 107 cm³/mol. The van der Waals surface area contributed by atoms with Crippen LogP contribution in [0.2, 0.25) is 0 Å². The van der Waals surface area contributed by atoms with Gasteiger partial charge in [-0.2, -0.15) is 0 Å². The fourth-order valence-electron chi connectivity index (χ4n) is 3.67. The summed E-state index contributed by atoms with van der Waals surface area (Å²) in [6, 6.07) is 7.23. The highest BCUT2D eigenvalue weighted by atomic mass is 16.3. The predicted octanol–water partition coefficient (Wildman–Crippen LogP) is 3.72. The lowest BCUT2D eigenvalue weighted by Crippen LogP contribution is -2.20. The number of amides is 1. The molecule has 1 amide bonds. The molecule has 0 N–H and O–H groups in total. The normalized spacial score (nSPS) is 13.6. The van der Waals surface area contributed by atoms with Crippen molar-refractivity contribution in [1.82, 2.24) is 4.57 Å². The molecule has 2 aromatic heterocycles. The van der Waals surface area contributed by atoms with Gasteiger partial charge in [-0.3, -0.25) is 14.6 Å². The molecular weight excluding hydrogens is 358 g/mol. The molecule has 1 aromatic carbocycles. The quantitative estimate of drug-likeness (QED) is 0.515. The van der Waals surface area contributed by atoms with Gasteiger partial charge in [0.25, 0.3) is 0 Å². The molecule has 4 rings (SSSR count). The van der Waals surface area contributed by atoms with Gasteiger partial charge in [0, 0.05) is 47.5 Å². The van der Waals surface area contributed by atoms with Gasteiger partial charge in [-0.05, 0) is 25.5 Å². The number of furan rings is 1. The number of hydrogen-bond acceptors (Lipinski definition) is 5. The summed E-state index contributed by atoms with van der Waals surface area (Å²) in [6.07, 6.45) is 5.89. The van der Waals surface area contributed by atoms with E-state index in [1.165, 1.54) is 12.3 Å². The smallest absolute Gasteiger partial charge is 0.322 e. The highest BCUT2D eigenvalue weighted by Gasteiger charge is 2.26. The Morgan fingerprint density at radius 3 is 2.82 bits per heavy atom. The third-order valence-corrected chi connectivity index (χ3v) is 4.94. The van der Waals surface area contributed by atoms with Crippen molar-refractivity contribution in [2.24, 2.45) is 10.2 Å². The van der Waals surface area contributed by atoms with Crippen molar-refractivity contribution in [3.63, 3.8) is 0 Å². The lowest BCUT2D eigenvalue weighted by molar-refractivity contribution is 0.0999. The Morgan fingerprint density at radius 1 is 1.29 bits per heavy atom. The van der Waals surface area contributed by atoms with Crippen molar-refractivity contribution < 1.29 is 9.21 Å². The standard InChI is InChI=1S/C21H17N3O4/c1-3-5-16(22-2)14-7-4-6-12-13-8-9-24-11-15(21(26)23-27)18(25)10-17(24)20(13)28-19(12)14/h3-7,10-11H,8-9H2,1-2H3/b5-3-,22-16?. The topological polar surface area (TPSA) is 94.0 Å². The molecule has 0 saturated heterocycles. The Labute approximate surface area is 160 Å². The average molecular weight is 375 g/mol. The molecule has 0 bridgehead atoms. The molecule has 3 heterocycles. The molecule has 0 unspecified atom stereocenters. The van der Waals surface area contributed by atoms with Crippen LogP contribution in [-0.4, -0.2) is 23.2 Å². The molecular formula is C21H17N3O4. The first-order chi connectivity index (χ1) is 13.6. The Balaban J connectivity index is 1.97. The van der Waals surface area contributed by atoms with Gasteiger partial charge in [0.2, 0.25) is 0 Å². The molecule has 140 valence electrons. The second-order valence-electron chi connectivity index (χ2n) is 6.48. The van der Waals surface area contributed by atoms with Crippen molar-refractivity contribution in [3.05, 3.63) is 74.4 Å². The van der Waals surface area contributed by atoms with E-state index in [1.807, 2.05) is 37.3 Å². The van der Waals surface area contributed by atoms with Crippen molar-refractivity contribution in [3.8, 4) is 11.5 Å². The summed E-state index contributed by atoms with van der Waals surface area (Å²) >= 11 is 0. The summed E-state index contributed by atoms with van der Waals surface area (Å²) in [5.74, 6) is -0.465. The van der Waals surface area contributed by atoms with Crippen LogP contribution in [0.4, 0.5) is 0 Å². The van der Waals surface area contributed by atoms with E-state index in [2.05, 4.69) is 10.2 Å². The molecule has 0 saturated carbocycles. The molecule has 1 aliphatic heterocycles. The molecule has 1 aliphatic rings. The fraction of sp³-hybridized carbons (Fsp3) is 0.190. The SMILES string of the molecule is C/C=C\C(=NC)c1cccc2c3c(oc12)-c1cc(=O)c(C(=O)N=O)cn1CC3. The van der Waals surface area contributed by atoms with E-state index >= 15 is 0 Å². The first-order valence-electron chi connectivity index (χ1n) is 8.85. The first kappa shape index (κ1) is 17.8. The van der Waals surface area contributed by atoms with Gasteiger partial charge in [-0.15, -0.1) is 4.91 Å². The van der Waals surface area contributed by atoms with Gasteiger partial charge >= 0.3 is 5.91 Å². The molecule has 7 heteroatoms. The summed E-state index contributed by atoms with van der Waals surface area (Å²) < 4.78 is 7.97. The number of aliphatic imine (C=N–C) groups is 1. The number of nitrogens with zero attached hydrogens (tertiary/aromatic N) is 3. The van der Waals surface area contributed by atoms with E-state index in [0.29, 0.717) is 30.0 Å². The van der Waals surface area contributed by atoms with E-state index < -0.39 is 11.3 Å². The molecule has 7 nitrogen and oxygen atoms in total. The highest BCUT2D eigenvalue weighted by molar-refractivity contribution is 6.15. The van der Waals surface area contributed by atoms with Crippen LogP contribution in [0, 0.1) is 4.91 Å². The zero-order valence-electron chi connectivity index (χ0n) is 15.4. The maximum atomic E-state index is 12.3. The fourth-order valence-corrected chi connectivity index (χ4v) is 3.67. The zero-order chi connectivity index (χ0) is 19.8. The van der Waals surface area contributed by atoms with Crippen LogP contribution in [0.3, 0.4) is 0 Å². The number of fused-ring (bicyclic) bond motifs is 5. The maximum absolute atomic E-state index is 12.3. The van der Waals surface area contributed by atoms with Crippen molar-refractivity contribution >= 4 is 22.6 Å². The number of aromatic nitrogens is 1. The third-order valence-electron chi connectivity index (χ3n) is 4.94. The van der Waals surface area contributed by atoms with Crippen molar-refractivity contribution in [1.29, 1.82) is 0 Å². The number of aryl methyl sites for hydroxylation is 2. The van der Waals surface area contributed by atoms with Gasteiger partial charge in [0.1, 0.15) is 11.1 Å². The van der Waals surface area contributed by atoms with Gasteiger partial charge < -0.3 is 8.98 Å². The number of nitroso groups, excluding NO2 is 1. The van der Waals surface area contributed by atoms with E-state index in [1.54, 1.807) is 11.6 Å². The van der Waals surface area contributed by atoms with Crippen LogP contribution in [-0.2, 0) is 13.0 Å². The number of carbonyl (C=O) groups is 1. The van der Waals surface area contributed by atoms with Crippen LogP contribution in [0.15, 0.2) is 62.0 Å². The molecule has 0 fully saturated rings. The second kappa shape index (κ2) is 6.84. The van der Waals surface area contributed by atoms with E-state index in [-0.39, 0.29) is 5.56 Å². The number of allylic oxidation sites excluding steroid dienone is 2. The summed E-state index contributed by atoms with van der Waals surface area (Å²) in [5.41, 5.74) is 3.20. The molecule has 0 radical (unpaired) electrons. The number of benzene rings is 1. The maximum Gasteiger partial charge on any atom is 0.322 e. The summed E-state index contributed by atoms with van der Waals surface area (Å²) in [7, 11) is 1.73. The van der Waals surface area contributed by atoms with Gasteiger partial charge in [0.05, 0.1) is 11.4 Å². The molecule has 0 atom stereocenters. The minimum Gasteiger partial charge on any atom is -0.453 e. The van der Waals surface area contributed by atoms with E-state index in [9.17, 15) is 14.5 Å². The summed E-state index contributed by atoms with van der Waals surface area (Å²) in [5, 5.41) is 3.34.